The Labute approximate surface area is 165 Å². The lowest BCUT2D eigenvalue weighted by Gasteiger charge is -2.42. The fourth-order valence-electron chi connectivity index (χ4n) is 4.54. The van der Waals surface area contributed by atoms with Gasteiger partial charge in [0.25, 0.3) is 0 Å². The lowest BCUT2D eigenvalue weighted by atomic mass is 9.83. The number of nitrogens with zero attached hydrogens (tertiary/aromatic N) is 1. The van der Waals surface area contributed by atoms with Crippen molar-refractivity contribution in [1.29, 1.82) is 0 Å². The lowest BCUT2D eigenvalue weighted by Crippen LogP contribution is -2.39. The third-order valence-corrected chi connectivity index (χ3v) is 5.91. The van der Waals surface area contributed by atoms with Gasteiger partial charge < -0.3 is 23.7 Å². The molecule has 0 saturated carbocycles. The predicted molar refractivity (Wildman–Crippen MR) is 106 cm³/mol. The van der Waals surface area contributed by atoms with Crippen LogP contribution in [0.1, 0.15) is 28.3 Å². The summed E-state index contributed by atoms with van der Waals surface area (Å²) in [6, 6.07) is 6.63. The molecule has 0 N–H and O–H groups in total. The fraction of sp³-hybridized carbons (Fsp3) is 0.455. The van der Waals surface area contributed by atoms with E-state index in [4.69, 9.17) is 23.7 Å². The number of methoxy groups -OCH3 is 5. The maximum absolute atomic E-state index is 5.72. The van der Waals surface area contributed by atoms with Crippen molar-refractivity contribution in [3.05, 3.63) is 40.5 Å². The maximum atomic E-state index is 5.72. The highest BCUT2D eigenvalue weighted by Crippen LogP contribution is 2.48. The van der Waals surface area contributed by atoms with E-state index >= 15 is 0 Å². The molecule has 2 aromatic carbocycles. The highest BCUT2D eigenvalue weighted by atomic mass is 16.5. The largest absolute Gasteiger partial charge is 0.493 e. The zero-order valence-corrected chi connectivity index (χ0v) is 17.1. The maximum Gasteiger partial charge on any atom is 0.203 e. The van der Waals surface area contributed by atoms with Crippen LogP contribution in [0.3, 0.4) is 0 Å². The van der Waals surface area contributed by atoms with Crippen molar-refractivity contribution < 1.29 is 23.7 Å². The van der Waals surface area contributed by atoms with E-state index in [1.54, 1.807) is 35.5 Å². The van der Waals surface area contributed by atoms with Gasteiger partial charge in [0, 0.05) is 24.7 Å². The summed E-state index contributed by atoms with van der Waals surface area (Å²) >= 11 is 0. The van der Waals surface area contributed by atoms with Crippen LogP contribution >= 0.6 is 0 Å². The van der Waals surface area contributed by atoms with Crippen molar-refractivity contribution in [3.63, 3.8) is 0 Å². The first-order valence-corrected chi connectivity index (χ1v) is 9.44. The first kappa shape index (κ1) is 18.7. The summed E-state index contributed by atoms with van der Waals surface area (Å²) in [5.74, 6) is 3.70. The Bertz CT molecular complexity index is 895. The van der Waals surface area contributed by atoms with Crippen molar-refractivity contribution >= 4 is 0 Å². The summed E-state index contributed by atoms with van der Waals surface area (Å²) in [6.07, 6.45) is 1.87. The first-order valence-electron chi connectivity index (χ1n) is 9.44. The molecule has 0 amide bonds. The average molecular weight is 385 g/mol. The van der Waals surface area contributed by atoms with Gasteiger partial charge in [0.2, 0.25) is 5.75 Å². The van der Waals surface area contributed by atoms with E-state index in [2.05, 4.69) is 23.1 Å². The smallest absolute Gasteiger partial charge is 0.203 e. The van der Waals surface area contributed by atoms with Gasteiger partial charge in [0.05, 0.1) is 35.5 Å². The molecule has 0 spiro atoms. The Morgan fingerprint density at radius 3 is 2.04 bits per heavy atom. The molecule has 2 aromatic rings. The zero-order chi connectivity index (χ0) is 19.8. The number of fused-ring (bicyclic) bond motifs is 4. The second-order valence-electron chi connectivity index (χ2n) is 7.13. The van der Waals surface area contributed by atoms with Gasteiger partial charge in [-0.25, -0.2) is 0 Å². The Morgan fingerprint density at radius 1 is 0.750 bits per heavy atom. The second kappa shape index (κ2) is 7.43. The Balaban J connectivity index is 1.80. The van der Waals surface area contributed by atoms with Crippen molar-refractivity contribution in [2.24, 2.45) is 0 Å². The first-order chi connectivity index (χ1) is 13.6. The Morgan fingerprint density at radius 2 is 1.39 bits per heavy atom. The average Bonchev–Trinajstić information content (AvgIpc) is 2.75. The number of ether oxygens (including phenoxy) is 5. The molecule has 0 saturated heterocycles. The summed E-state index contributed by atoms with van der Waals surface area (Å²) in [4.78, 5) is 2.50. The molecule has 0 radical (unpaired) electrons. The van der Waals surface area contributed by atoms with E-state index in [0.29, 0.717) is 17.5 Å². The van der Waals surface area contributed by atoms with Crippen LogP contribution in [0.15, 0.2) is 18.2 Å². The van der Waals surface area contributed by atoms with Gasteiger partial charge in [0.15, 0.2) is 23.0 Å². The Hall–Kier alpha value is -2.60. The molecule has 1 atom stereocenters. The molecule has 0 unspecified atom stereocenters. The van der Waals surface area contributed by atoms with Crippen LogP contribution in [0.4, 0.5) is 0 Å². The molecule has 6 heteroatoms. The molecular weight excluding hydrogens is 358 g/mol. The van der Waals surface area contributed by atoms with Gasteiger partial charge in [-0.3, -0.25) is 4.90 Å². The van der Waals surface area contributed by atoms with E-state index in [1.807, 2.05) is 0 Å². The summed E-state index contributed by atoms with van der Waals surface area (Å²) < 4.78 is 27.9. The molecule has 2 aliphatic rings. The molecule has 2 aliphatic heterocycles. The van der Waals surface area contributed by atoms with E-state index in [-0.39, 0.29) is 0 Å². The number of benzene rings is 2. The van der Waals surface area contributed by atoms with Crippen molar-refractivity contribution in [2.45, 2.75) is 25.4 Å². The molecular formula is C22H27NO5. The summed E-state index contributed by atoms with van der Waals surface area (Å²) in [5, 5.41) is 0. The highest BCUT2D eigenvalue weighted by Gasteiger charge is 2.36. The van der Waals surface area contributed by atoms with Crippen LogP contribution in [-0.4, -0.2) is 47.0 Å². The van der Waals surface area contributed by atoms with E-state index in [1.165, 1.54) is 22.3 Å². The van der Waals surface area contributed by atoms with Crippen LogP contribution in [-0.2, 0) is 19.4 Å². The third kappa shape index (κ3) is 2.83. The van der Waals surface area contributed by atoms with Crippen LogP contribution in [0.5, 0.6) is 28.7 Å². The van der Waals surface area contributed by atoms with Gasteiger partial charge in [-0.15, -0.1) is 0 Å². The van der Waals surface area contributed by atoms with E-state index in [0.717, 1.165) is 43.2 Å². The molecule has 0 aromatic heterocycles. The topological polar surface area (TPSA) is 49.4 Å². The zero-order valence-electron chi connectivity index (χ0n) is 17.1. The van der Waals surface area contributed by atoms with Crippen LogP contribution in [0.2, 0.25) is 0 Å². The predicted octanol–water partition coefficient (Wildman–Crippen LogP) is 3.39. The summed E-state index contributed by atoms with van der Waals surface area (Å²) in [5.41, 5.74) is 5.05. The van der Waals surface area contributed by atoms with Gasteiger partial charge in [-0.2, -0.15) is 0 Å². The van der Waals surface area contributed by atoms with Crippen LogP contribution in [0, 0.1) is 0 Å². The third-order valence-electron chi connectivity index (χ3n) is 5.91. The monoisotopic (exact) mass is 385 g/mol. The van der Waals surface area contributed by atoms with Crippen LogP contribution in [0.25, 0.3) is 0 Å². The van der Waals surface area contributed by atoms with Gasteiger partial charge in [-0.05, 0) is 47.7 Å². The quantitative estimate of drug-likeness (QED) is 0.786. The van der Waals surface area contributed by atoms with Crippen molar-refractivity contribution in [3.8, 4) is 28.7 Å². The van der Waals surface area contributed by atoms with Gasteiger partial charge in [-0.1, -0.05) is 0 Å². The Kier molecular flexibility index (Phi) is 4.98. The van der Waals surface area contributed by atoms with Crippen molar-refractivity contribution in [1.82, 2.24) is 4.90 Å². The molecule has 2 heterocycles. The molecule has 28 heavy (non-hydrogen) atoms. The number of hydrogen-bond donors (Lipinski definition) is 0. The minimum atomic E-state index is 0.291. The van der Waals surface area contributed by atoms with Crippen LogP contribution < -0.4 is 23.7 Å². The lowest BCUT2D eigenvalue weighted by molar-refractivity contribution is 0.156. The fourth-order valence-corrected chi connectivity index (χ4v) is 4.54. The molecule has 6 nitrogen and oxygen atoms in total. The SMILES string of the molecule is COc1cc2c(cc1OC)[C@H]1Cc3cc(OC)c(OC)c(OC)c3CN1CC2. The summed E-state index contributed by atoms with van der Waals surface area (Å²) in [7, 11) is 8.36. The second-order valence-corrected chi connectivity index (χ2v) is 7.13. The van der Waals surface area contributed by atoms with Crippen molar-refractivity contribution in [2.75, 3.05) is 42.1 Å². The summed E-state index contributed by atoms with van der Waals surface area (Å²) in [6.45, 7) is 1.81. The minimum absolute atomic E-state index is 0.291. The number of hydrogen-bond acceptors (Lipinski definition) is 6. The highest BCUT2D eigenvalue weighted by molar-refractivity contribution is 5.60. The van der Waals surface area contributed by atoms with E-state index < -0.39 is 0 Å². The molecule has 0 fully saturated rings. The molecule has 0 aliphatic carbocycles. The normalized spacial score (nSPS) is 17.8. The van der Waals surface area contributed by atoms with Gasteiger partial charge >= 0.3 is 0 Å². The number of rotatable bonds is 5. The molecule has 0 bridgehead atoms. The molecule has 150 valence electrons. The molecule has 4 rings (SSSR count). The van der Waals surface area contributed by atoms with E-state index in [9.17, 15) is 0 Å². The van der Waals surface area contributed by atoms with Gasteiger partial charge in [0.1, 0.15) is 0 Å². The standard InChI is InChI=1S/C22H27NO5/c1-24-18-9-13-6-7-23-12-16-14(8-17(23)15(13)11-19(18)25-2)10-20(26-3)22(28-5)21(16)27-4/h9-11,17H,6-8,12H2,1-5H3/t17-/m1/s1. The minimum Gasteiger partial charge on any atom is -0.493 e.